The third kappa shape index (κ3) is 5.38. The molecule has 5 heteroatoms. The Labute approximate surface area is 109 Å². The normalized spacial score (nSPS) is 16.6. The Hall–Kier alpha value is -1.26. The zero-order valence-corrected chi connectivity index (χ0v) is 12.2. The maximum atomic E-state index is 11.7. The van der Waals surface area contributed by atoms with Gasteiger partial charge >= 0.3 is 12.0 Å². The Morgan fingerprint density at radius 3 is 2.00 bits per heavy atom. The average molecular weight is 258 g/mol. The lowest BCUT2D eigenvalue weighted by molar-refractivity contribution is -0.141. The number of amides is 2. The maximum Gasteiger partial charge on any atom is 0.326 e. The maximum absolute atomic E-state index is 11.7. The lowest BCUT2D eigenvalue weighted by atomic mass is 9.87. The highest BCUT2D eigenvalue weighted by Crippen LogP contribution is 2.19. The van der Waals surface area contributed by atoms with Crippen molar-refractivity contribution in [1.29, 1.82) is 0 Å². The molecule has 0 fully saturated rings. The Kier molecular flexibility index (Phi) is 6.15. The van der Waals surface area contributed by atoms with Crippen molar-refractivity contribution in [1.82, 2.24) is 10.6 Å². The molecule has 0 aromatic rings. The first-order valence-corrected chi connectivity index (χ1v) is 6.39. The van der Waals surface area contributed by atoms with Crippen LogP contribution in [-0.2, 0) is 4.79 Å². The topological polar surface area (TPSA) is 78.4 Å². The lowest BCUT2D eigenvalue weighted by Gasteiger charge is -2.29. The molecule has 0 spiro atoms. The third-order valence-corrected chi connectivity index (χ3v) is 3.24. The van der Waals surface area contributed by atoms with Crippen LogP contribution < -0.4 is 10.6 Å². The summed E-state index contributed by atoms with van der Waals surface area (Å²) in [5.41, 5.74) is -0.525. The van der Waals surface area contributed by atoms with E-state index in [9.17, 15) is 9.59 Å². The van der Waals surface area contributed by atoms with Crippen LogP contribution in [0.25, 0.3) is 0 Å². The number of carbonyl (C=O) groups is 2. The van der Waals surface area contributed by atoms with Gasteiger partial charge in [0.2, 0.25) is 0 Å². The third-order valence-electron chi connectivity index (χ3n) is 3.24. The summed E-state index contributed by atoms with van der Waals surface area (Å²) in [5.74, 6) is -0.664. The number of aliphatic carboxylic acids is 1. The molecule has 0 saturated heterocycles. The molecule has 2 amide bonds. The number of hydrogen-bond donors (Lipinski definition) is 3. The fraction of sp³-hybridized carbons (Fsp3) is 0.846. The zero-order chi connectivity index (χ0) is 14.5. The van der Waals surface area contributed by atoms with E-state index >= 15 is 0 Å². The van der Waals surface area contributed by atoms with Gasteiger partial charge in [0.05, 0.1) is 0 Å². The van der Waals surface area contributed by atoms with Crippen molar-refractivity contribution in [2.24, 2.45) is 11.3 Å². The summed E-state index contributed by atoms with van der Waals surface area (Å²) >= 11 is 0. The first-order chi connectivity index (χ1) is 8.09. The van der Waals surface area contributed by atoms with Gasteiger partial charge in [-0.1, -0.05) is 41.0 Å². The van der Waals surface area contributed by atoms with Crippen molar-refractivity contribution >= 4 is 12.0 Å². The van der Waals surface area contributed by atoms with E-state index in [0.717, 1.165) is 6.42 Å². The molecular weight excluding hydrogens is 232 g/mol. The summed E-state index contributed by atoms with van der Waals surface area (Å²) in [6.07, 6.45) is 0.961. The number of rotatable bonds is 5. The molecule has 0 radical (unpaired) electrons. The van der Waals surface area contributed by atoms with Crippen LogP contribution in [0, 0.1) is 11.3 Å². The van der Waals surface area contributed by atoms with E-state index in [4.69, 9.17) is 5.11 Å². The van der Waals surface area contributed by atoms with Crippen LogP contribution >= 0.6 is 0 Å². The van der Waals surface area contributed by atoms with E-state index in [2.05, 4.69) is 17.6 Å². The fourth-order valence-corrected chi connectivity index (χ4v) is 1.52. The lowest BCUT2D eigenvalue weighted by Crippen LogP contribution is -2.54. The Balaban J connectivity index is 4.50. The molecule has 106 valence electrons. The van der Waals surface area contributed by atoms with E-state index in [1.165, 1.54) is 0 Å². The standard InChI is InChI=1S/C13H26N2O3/c1-7-8(2)9(3)14-12(18)15-10(11(16)17)13(4,5)6/h8-10H,7H2,1-6H3,(H,16,17)(H2,14,15,18). The van der Waals surface area contributed by atoms with Crippen LogP contribution in [-0.4, -0.2) is 29.2 Å². The Morgan fingerprint density at radius 2 is 1.67 bits per heavy atom. The summed E-state index contributed by atoms with van der Waals surface area (Å²) in [4.78, 5) is 22.9. The number of carbonyl (C=O) groups excluding carboxylic acids is 1. The summed E-state index contributed by atoms with van der Waals surface area (Å²) in [6.45, 7) is 11.4. The van der Waals surface area contributed by atoms with Crippen molar-refractivity contribution in [2.75, 3.05) is 0 Å². The molecule has 0 bridgehead atoms. The Morgan fingerprint density at radius 1 is 1.17 bits per heavy atom. The highest BCUT2D eigenvalue weighted by molar-refractivity contribution is 5.83. The zero-order valence-electron chi connectivity index (χ0n) is 12.2. The number of hydrogen-bond acceptors (Lipinski definition) is 2. The van der Waals surface area contributed by atoms with Crippen molar-refractivity contribution in [3.63, 3.8) is 0 Å². The predicted octanol–water partition coefficient (Wildman–Crippen LogP) is 2.22. The first kappa shape index (κ1) is 16.7. The van der Waals surface area contributed by atoms with Gasteiger partial charge in [-0.15, -0.1) is 0 Å². The molecule has 3 atom stereocenters. The van der Waals surface area contributed by atoms with Gasteiger partial charge in [-0.2, -0.15) is 0 Å². The smallest absolute Gasteiger partial charge is 0.326 e. The highest BCUT2D eigenvalue weighted by atomic mass is 16.4. The monoisotopic (exact) mass is 258 g/mol. The molecule has 0 aliphatic heterocycles. The minimum Gasteiger partial charge on any atom is -0.480 e. The van der Waals surface area contributed by atoms with Gasteiger partial charge in [0, 0.05) is 6.04 Å². The van der Waals surface area contributed by atoms with E-state index in [-0.39, 0.29) is 6.04 Å². The summed E-state index contributed by atoms with van der Waals surface area (Å²) in [6, 6.07) is -1.31. The van der Waals surface area contributed by atoms with Crippen LogP contribution in [0.5, 0.6) is 0 Å². The van der Waals surface area contributed by atoms with Gasteiger partial charge < -0.3 is 15.7 Å². The van der Waals surface area contributed by atoms with E-state index in [1.54, 1.807) is 20.8 Å². The van der Waals surface area contributed by atoms with Gasteiger partial charge in [-0.25, -0.2) is 9.59 Å². The number of urea groups is 1. The molecule has 3 unspecified atom stereocenters. The van der Waals surface area contributed by atoms with E-state index in [0.29, 0.717) is 5.92 Å². The van der Waals surface area contributed by atoms with Crippen LogP contribution in [0.15, 0.2) is 0 Å². The van der Waals surface area contributed by atoms with Crippen molar-refractivity contribution in [3.05, 3.63) is 0 Å². The number of nitrogens with one attached hydrogen (secondary N) is 2. The molecule has 0 aromatic carbocycles. The Bertz CT molecular complexity index is 297. The number of carboxylic acid groups (broad SMARTS) is 1. The quantitative estimate of drug-likeness (QED) is 0.707. The second-order valence-corrected chi connectivity index (χ2v) is 5.93. The summed E-state index contributed by atoms with van der Waals surface area (Å²) in [7, 11) is 0. The van der Waals surface area contributed by atoms with Crippen LogP contribution in [0.1, 0.15) is 48.0 Å². The molecule has 0 aromatic heterocycles. The van der Waals surface area contributed by atoms with Crippen molar-refractivity contribution in [2.45, 2.75) is 60.0 Å². The van der Waals surface area contributed by atoms with Crippen molar-refractivity contribution < 1.29 is 14.7 Å². The molecule has 0 saturated carbocycles. The molecule has 0 aliphatic rings. The molecule has 0 rings (SSSR count). The second kappa shape index (κ2) is 6.61. The molecule has 5 nitrogen and oxygen atoms in total. The minimum absolute atomic E-state index is 0.0180. The first-order valence-electron chi connectivity index (χ1n) is 6.39. The van der Waals surface area contributed by atoms with Gasteiger partial charge in [-0.3, -0.25) is 0 Å². The second-order valence-electron chi connectivity index (χ2n) is 5.93. The SMILES string of the molecule is CCC(C)C(C)NC(=O)NC(C(=O)O)C(C)(C)C. The van der Waals surface area contributed by atoms with Crippen LogP contribution in [0.3, 0.4) is 0 Å². The number of carboxylic acids is 1. The fourth-order valence-electron chi connectivity index (χ4n) is 1.52. The average Bonchev–Trinajstić information content (AvgIpc) is 2.22. The van der Waals surface area contributed by atoms with E-state index in [1.807, 2.05) is 13.8 Å². The molecule has 3 N–H and O–H groups in total. The molecule has 18 heavy (non-hydrogen) atoms. The van der Waals surface area contributed by atoms with Gasteiger partial charge in [0.15, 0.2) is 0 Å². The molecular formula is C13H26N2O3. The van der Waals surface area contributed by atoms with Gasteiger partial charge in [0.25, 0.3) is 0 Å². The molecule has 0 heterocycles. The molecule has 0 aliphatic carbocycles. The summed E-state index contributed by atoms with van der Waals surface area (Å²) < 4.78 is 0. The van der Waals surface area contributed by atoms with Gasteiger partial charge in [-0.05, 0) is 18.3 Å². The predicted molar refractivity (Wildman–Crippen MR) is 71.5 cm³/mol. The minimum atomic E-state index is -1.02. The summed E-state index contributed by atoms with van der Waals surface area (Å²) in [5, 5.41) is 14.4. The van der Waals surface area contributed by atoms with Crippen molar-refractivity contribution in [3.8, 4) is 0 Å². The highest BCUT2D eigenvalue weighted by Gasteiger charge is 2.32. The van der Waals surface area contributed by atoms with Crippen LogP contribution in [0.2, 0.25) is 0 Å². The van der Waals surface area contributed by atoms with Gasteiger partial charge in [0.1, 0.15) is 6.04 Å². The van der Waals surface area contributed by atoms with E-state index < -0.39 is 23.5 Å². The largest absolute Gasteiger partial charge is 0.480 e. The van der Waals surface area contributed by atoms with Crippen LogP contribution in [0.4, 0.5) is 4.79 Å².